The van der Waals surface area contributed by atoms with Crippen molar-refractivity contribution in [1.29, 1.82) is 0 Å². The molecule has 1 saturated heterocycles. The molecule has 2 fully saturated rings. The van der Waals surface area contributed by atoms with E-state index in [-0.39, 0.29) is 0 Å². The number of anilines is 1. The van der Waals surface area contributed by atoms with Gasteiger partial charge < -0.3 is 4.90 Å². The Morgan fingerprint density at radius 1 is 1.28 bits per heavy atom. The van der Waals surface area contributed by atoms with Gasteiger partial charge in [-0.15, -0.1) is 0 Å². The lowest BCUT2D eigenvalue weighted by Crippen LogP contribution is -2.30. The van der Waals surface area contributed by atoms with Crippen molar-refractivity contribution in [2.75, 3.05) is 18.5 Å². The van der Waals surface area contributed by atoms with E-state index in [0.717, 1.165) is 42.5 Å². The van der Waals surface area contributed by atoms with Crippen molar-refractivity contribution in [2.45, 2.75) is 65.3 Å². The van der Waals surface area contributed by atoms with Gasteiger partial charge in [0.2, 0.25) is 0 Å². The molecule has 0 aromatic heterocycles. The Balaban J connectivity index is 1.79. The second-order valence-electron chi connectivity index (χ2n) is 8.27. The fourth-order valence-corrected chi connectivity index (χ4v) is 4.34. The summed E-state index contributed by atoms with van der Waals surface area (Å²) in [6, 6.07) is 9.54. The Bertz CT molecular complexity index is 599. The predicted octanol–water partition coefficient (Wildman–Crippen LogP) is 5.55. The molecule has 1 saturated carbocycles. The molecule has 1 N–H and O–H groups in total. The molecule has 2 aliphatic rings. The van der Waals surface area contributed by atoms with Crippen molar-refractivity contribution in [3.8, 4) is 0 Å². The number of benzene rings is 1. The van der Waals surface area contributed by atoms with E-state index in [1.54, 1.807) is 7.05 Å². The van der Waals surface area contributed by atoms with Crippen molar-refractivity contribution in [1.82, 2.24) is 5.06 Å². The molecule has 0 amide bonds. The van der Waals surface area contributed by atoms with Crippen LogP contribution in [-0.2, 0) is 0 Å². The standard InChI is InChI=1S/C22H34N2O/c1-5-16(2)13-21-14-17(3)15-24(21)20-11-9-19(10-12-20)22(23(4)25)18-7-6-8-18/h9-12,16-17,21,25H,5-8,13-15H2,1-4H3. The molecule has 25 heavy (non-hydrogen) atoms. The summed E-state index contributed by atoms with van der Waals surface area (Å²) < 4.78 is 0. The van der Waals surface area contributed by atoms with Gasteiger partial charge in [-0.2, -0.15) is 0 Å². The molecule has 3 atom stereocenters. The fraction of sp³-hybridized carbons (Fsp3) is 0.636. The zero-order chi connectivity index (χ0) is 18.0. The van der Waals surface area contributed by atoms with E-state index in [4.69, 9.17) is 0 Å². The summed E-state index contributed by atoms with van der Waals surface area (Å²) in [4.78, 5) is 2.61. The summed E-state index contributed by atoms with van der Waals surface area (Å²) in [5.74, 6) is 1.56. The molecule has 0 bridgehead atoms. The summed E-state index contributed by atoms with van der Waals surface area (Å²) in [5.41, 5.74) is 4.85. The lowest BCUT2D eigenvalue weighted by molar-refractivity contribution is -0.000709. The van der Waals surface area contributed by atoms with E-state index in [1.807, 2.05) is 0 Å². The smallest absolute Gasteiger partial charge is 0.0695 e. The number of hydrogen-bond acceptors (Lipinski definition) is 3. The minimum Gasteiger partial charge on any atom is -0.368 e. The Morgan fingerprint density at radius 3 is 2.48 bits per heavy atom. The SMILES string of the molecule is CCC(C)CC1CC(C)CN1c1ccc(C(=C2CCC2)N(C)O)cc1. The highest BCUT2D eigenvalue weighted by atomic mass is 16.5. The molecule has 1 aliphatic heterocycles. The van der Waals surface area contributed by atoms with Crippen LogP contribution in [0.2, 0.25) is 0 Å². The number of allylic oxidation sites excluding steroid dienone is 1. The largest absolute Gasteiger partial charge is 0.368 e. The molecule has 138 valence electrons. The maximum atomic E-state index is 10.0. The lowest BCUT2D eigenvalue weighted by atomic mass is 9.88. The maximum absolute atomic E-state index is 10.0. The van der Waals surface area contributed by atoms with Crippen molar-refractivity contribution >= 4 is 11.4 Å². The van der Waals surface area contributed by atoms with E-state index < -0.39 is 0 Å². The molecule has 0 radical (unpaired) electrons. The molecule has 1 aromatic carbocycles. The Morgan fingerprint density at radius 2 is 1.96 bits per heavy atom. The van der Waals surface area contributed by atoms with Crippen LogP contribution in [0.5, 0.6) is 0 Å². The van der Waals surface area contributed by atoms with Crippen LogP contribution in [0.25, 0.3) is 5.70 Å². The fourth-order valence-electron chi connectivity index (χ4n) is 4.34. The van der Waals surface area contributed by atoms with E-state index in [2.05, 4.69) is 49.9 Å². The highest BCUT2D eigenvalue weighted by Gasteiger charge is 2.30. The van der Waals surface area contributed by atoms with Gasteiger partial charge >= 0.3 is 0 Å². The third kappa shape index (κ3) is 4.03. The molecule has 3 heteroatoms. The minimum atomic E-state index is 0.667. The van der Waals surface area contributed by atoms with Crippen molar-refractivity contribution < 1.29 is 5.21 Å². The number of hydroxylamine groups is 2. The maximum Gasteiger partial charge on any atom is 0.0695 e. The van der Waals surface area contributed by atoms with Crippen molar-refractivity contribution in [3.05, 3.63) is 35.4 Å². The zero-order valence-corrected chi connectivity index (χ0v) is 16.3. The van der Waals surface area contributed by atoms with E-state index >= 15 is 0 Å². The first-order valence-corrected chi connectivity index (χ1v) is 10.0. The van der Waals surface area contributed by atoms with Gasteiger partial charge in [0, 0.05) is 30.9 Å². The molecular weight excluding hydrogens is 308 g/mol. The van der Waals surface area contributed by atoms with E-state index in [1.165, 1.54) is 42.0 Å². The van der Waals surface area contributed by atoms with Crippen molar-refractivity contribution in [3.63, 3.8) is 0 Å². The zero-order valence-electron chi connectivity index (χ0n) is 16.3. The summed E-state index contributed by atoms with van der Waals surface area (Å²) in [5, 5.41) is 11.3. The highest BCUT2D eigenvalue weighted by Crippen LogP contribution is 2.37. The van der Waals surface area contributed by atoms with Crippen LogP contribution >= 0.6 is 0 Å². The summed E-state index contributed by atoms with van der Waals surface area (Å²) >= 11 is 0. The average molecular weight is 343 g/mol. The van der Waals surface area contributed by atoms with Crippen molar-refractivity contribution in [2.24, 2.45) is 11.8 Å². The molecule has 1 aliphatic carbocycles. The minimum absolute atomic E-state index is 0.667. The summed E-state index contributed by atoms with van der Waals surface area (Å²) in [6.45, 7) is 8.20. The Kier molecular flexibility index (Phi) is 5.73. The number of rotatable bonds is 6. The van der Waals surface area contributed by atoms with Crippen LogP contribution in [0.4, 0.5) is 5.69 Å². The molecule has 1 aromatic rings. The molecule has 0 spiro atoms. The monoisotopic (exact) mass is 342 g/mol. The van der Waals surface area contributed by atoms with Gasteiger partial charge in [-0.1, -0.05) is 39.3 Å². The third-order valence-corrected chi connectivity index (χ3v) is 6.08. The van der Waals surface area contributed by atoms with Gasteiger partial charge in [0.05, 0.1) is 5.70 Å². The first-order valence-electron chi connectivity index (χ1n) is 10.0. The first kappa shape index (κ1) is 18.3. The van der Waals surface area contributed by atoms with Gasteiger partial charge in [0.15, 0.2) is 0 Å². The van der Waals surface area contributed by atoms with E-state index in [0.29, 0.717) is 6.04 Å². The lowest BCUT2D eigenvalue weighted by Gasteiger charge is -2.30. The van der Waals surface area contributed by atoms with Gasteiger partial charge in [0.25, 0.3) is 0 Å². The van der Waals surface area contributed by atoms with Crippen LogP contribution < -0.4 is 4.90 Å². The molecular formula is C22H34N2O. The number of nitrogens with zero attached hydrogens (tertiary/aromatic N) is 2. The molecule has 3 nitrogen and oxygen atoms in total. The summed E-state index contributed by atoms with van der Waals surface area (Å²) in [6.07, 6.45) is 7.33. The van der Waals surface area contributed by atoms with Crippen LogP contribution in [0.15, 0.2) is 29.8 Å². The number of hydrogen-bond donors (Lipinski definition) is 1. The van der Waals surface area contributed by atoms with Gasteiger partial charge in [-0.25, -0.2) is 0 Å². The topological polar surface area (TPSA) is 26.7 Å². The first-order chi connectivity index (χ1) is 12.0. The average Bonchev–Trinajstić information content (AvgIpc) is 2.90. The van der Waals surface area contributed by atoms with Crippen LogP contribution in [0, 0.1) is 11.8 Å². The molecule has 3 rings (SSSR count). The van der Waals surface area contributed by atoms with Crippen LogP contribution in [-0.4, -0.2) is 29.9 Å². The van der Waals surface area contributed by atoms with Gasteiger partial charge in [-0.3, -0.25) is 10.3 Å². The van der Waals surface area contributed by atoms with Gasteiger partial charge in [-0.05, 0) is 61.6 Å². The quantitative estimate of drug-likeness (QED) is 0.686. The van der Waals surface area contributed by atoms with E-state index in [9.17, 15) is 5.21 Å². The second-order valence-corrected chi connectivity index (χ2v) is 8.27. The summed E-state index contributed by atoms with van der Waals surface area (Å²) in [7, 11) is 1.74. The third-order valence-electron chi connectivity index (χ3n) is 6.08. The second kappa shape index (κ2) is 7.82. The molecule has 1 heterocycles. The Labute approximate surface area is 153 Å². The van der Waals surface area contributed by atoms with Crippen LogP contribution in [0.3, 0.4) is 0 Å². The normalized spacial score (nSPS) is 24.2. The highest BCUT2D eigenvalue weighted by molar-refractivity contribution is 5.69. The van der Waals surface area contributed by atoms with Crippen LogP contribution in [0.1, 0.15) is 64.9 Å². The Hall–Kier alpha value is -1.48. The predicted molar refractivity (Wildman–Crippen MR) is 106 cm³/mol. The molecule has 3 unspecified atom stereocenters. The van der Waals surface area contributed by atoms with Gasteiger partial charge in [0.1, 0.15) is 0 Å².